The highest BCUT2D eigenvalue weighted by molar-refractivity contribution is 5.37. The molecule has 3 atom stereocenters. The zero-order valence-electron chi connectivity index (χ0n) is 10.9. The standard InChI is InChI=1S/C12H15F2N3O4/c13-2-1-6-4-17(12(20)16-10(6)15)11-7(3-14)9(19)8(5-18)21-11/h3-4,8-9,11,18-19H,1-2,5H2,(H2,15,16,20)/b7-3+. The second-order valence-electron chi connectivity index (χ2n) is 4.54. The monoisotopic (exact) mass is 303 g/mol. The van der Waals surface area contributed by atoms with E-state index < -0.39 is 37.4 Å². The Hall–Kier alpha value is -1.84. The summed E-state index contributed by atoms with van der Waals surface area (Å²) in [6.45, 7) is -1.26. The number of halogens is 2. The number of nitrogens with two attached hydrogens (primary N) is 1. The maximum atomic E-state index is 12.9. The molecule has 0 bridgehead atoms. The van der Waals surface area contributed by atoms with E-state index in [-0.39, 0.29) is 29.7 Å². The van der Waals surface area contributed by atoms with Crippen LogP contribution >= 0.6 is 0 Å². The number of nitrogen functional groups attached to an aromatic ring is 1. The van der Waals surface area contributed by atoms with Gasteiger partial charge < -0.3 is 20.7 Å². The number of aliphatic hydroxyl groups excluding tert-OH is 2. The van der Waals surface area contributed by atoms with Crippen molar-refractivity contribution in [1.82, 2.24) is 9.55 Å². The molecule has 21 heavy (non-hydrogen) atoms. The number of rotatable bonds is 4. The Bertz CT molecular complexity index is 605. The Kier molecular flexibility index (Phi) is 4.66. The van der Waals surface area contributed by atoms with Crippen LogP contribution in [-0.2, 0) is 11.2 Å². The topological polar surface area (TPSA) is 111 Å². The fraction of sp³-hybridized carbons (Fsp3) is 0.500. The van der Waals surface area contributed by atoms with Crippen LogP contribution in [0.1, 0.15) is 11.8 Å². The molecular formula is C12H15F2N3O4. The highest BCUT2D eigenvalue weighted by atomic mass is 19.1. The first-order valence-corrected chi connectivity index (χ1v) is 6.21. The number of nitrogens with zero attached hydrogens (tertiary/aromatic N) is 2. The van der Waals surface area contributed by atoms with E-state index in [1.54, 1.807) is 0 Å². The molecule has 4 N–H and O–H groups in total. The smallest absolute Gasteiger partial charge is 0.351 e. The van der Waals surface area contributed by atoms with Gasteiger partial charge in [0, 0.05) is 23.8 Å². The summed E-state index contributed by atoms with van der Waals surface area (Å²) in [7, 11) is 0. The molecular weight excluding hydrogens is 288 g/mol. The van der Waals surface area contributed by atoms with Gasteiger partial charge in [0.25, 0.3) is 0 Å². The van der Waals surface area contributed by atoms with Crippen molar-refractivity contribution in [3.8, 4) is 0 Å². The third-order valence-electron chi connectivity index (χ3n) is 3.27. The summed E-state index contributed by atoms with van der Waals surface area (Å²) in [6.07, 6.45) is -2.45. The Morgan fingerprint density at radius 3 is 2.86 bits per heavy atom. The number of ether oxygens (including phenoxy) is 1. The third kappa shape index (κ3) is 2.80. The SMILES string of the molecule is Nc1nc(=O)n(C2OC(CO)C(O)/C2=C\F)cc1CCF. The van der Waals surface area contributed by atoms with Crippen molar-refractivity contribution in [3.63, 3.8) is 0 Å². The van der Waals surface area contributed by atoms with Crippen LogP contribution in [0.3, 0.4) is 0 Å². The largest absolute Gasteiger partial charge is 0.394 e. The maximum absolute atomic E-state index is 12.9. The first kappa shape index (κ1) is 15.5. The maximum Gasteiger partial charge on any atom is 0.351 e. The Morgan fingerprint density at radius 2 is 2.29 bits per heavy atom. The van der Waals surface area contributed by atoms with E-state index >= 15 is 0 Å². The van der Waals surface area contributed by atoms with E-state index in [2.05, 4.69) is 4.98 Å². The number of hydrogen-bond donors (Lipinski definition) is 3. The Labute approximate surface area is 118 Å². The third-order valence-corrected chi connectivity index (χ3v) is 3.27. The van der Waals surface area contributed by atoms with Gasteiger partial charge in [0.05, 0.1) is 19.6 Å². The van der Waals surface area contributed by atoms with E-state index in [0.717, 1.165) is 4.57 Å². The van der Waals surface area contributed by atoms with Gasteiger partial charge in [-0.1, -0.05) is 0 Å². The lowest BCUT2D eigenvalue weighted by molar-refractivity contribution is -0.0448. The molecule has 1 aliphatic rings. The highest BCUT2D eigenvalue weighted by Crippen LogP contribution is 2.33. The molecule has 0 aliphatic carbocycles. The van der Waals surface area contributed by atoms with E-state index in [1.165, 1.54) is 6.20 Å². The summed E-state index contributed by atoms with van der Waals surface area (Å²) < 4.78 is 31.5. The second kappa shape index (κ2) is 6.29. The van der Waals surface area contributed by atoms with Crippen molar-refractivity contribution in [1.29, 1.82) is 0 Å². The van der Waals surface area contributed by atoms with E-state index in [9.17, 15) is 18.7 Å². The van der Waals surface area contributed by atoms with Crippen LogP contribution in [0, 0.1) is 0 Å². The molecule has 1 aromatic heterocycles. The van der Waals surface area contributed by atoms with E-state index in [0.29, 0.717) is 0 Å². The zero-order chi connectivity index (χ0) is 15.6. The van der Waals surface area contributed by atoms with Crippen molar-refractivity contribution >= 4 is 5.82 Å². The summed E-state index contributed by atoms with van der Waals surface area (Å²) in [5.41, 5.74) is 4.72. The minimum absolute atomic E-state index is 0.0630. The number of anilines is 1. The molecule has 2 heterocycles. The normalized spacial score (nSPS) is 27.4. The highest BCUT2D eigenvalue weighted by Gasteiger charge is 2.40. The second-order valence-corrected chi connectivity index (χ2v) is 4.54. The first-order chi connectivity index (χ1) is 10.0. The van der Waals surface area contributed by atoms with Crippen molar-refractivity contribution in [2.45, 2.75) is 24.9 Å². The molecule has 1 aliphatic heterocycles. The van der Waals surface area contributed by atoms with E-state index in [1.807, 2.05) is 0 Å². The molecule has 1 aromatic rings. The summed E-state index contributed by atoms with van der Waals surface area (Å²) in [6, 6.07) is 0. The molecule has 116 valence electrons. The summed E-state index contributed by atoms with van der Waals surface area (Å²) in [5, 5.41) is 18.8. The lowest BCUT2D eigenvalue weighted by Crippen LogP contribution is -2.29. The van der Waals surface area contributed by atoms with Crippen molar-refractivity contribution < 1.29 is 23.7 Å². The fourth-order valence-corrected chi connectivity index (χ4v) is 2.15. The van der Waals surface area contributed by atoms with Crippen molar-refractivity contribution in [2.75, 3.05) is 19.0 Å². The van der Waals surface area contributed by atoms with Gasteiger partial charge in [0.1, 0.15) is 18.0 Å². The molecule has 0 spiro atoms. The average Bonchev–Trinajstić information content (AvgIpc) is 2.78. The molecule has 2 rings (SSSR count). The minimum atomic E-state index is -1.39. The molecule has 3 unspecified atom stereocenters. The van der Waals surface area contributed by atoms with Crippen LogP contribution in [0.5, 0.6) is 0 Å². The first-order valence-electron chi connectivity index (χ1n) is 6.21. The van der Waals surface area contributed by atoms with Crippen LogP contribution in [0.4, 0.5) is 14.6 Å². The van der Waals surface area contributed by atoms with Crippen molar-refractivity contribution in [3.05, 3.63) is 34.1 Å². The molecule has 9 heteroatoms. The number of hydrogen-bond acceptors (Lipinski definition) is 6. The quantitative estimate of drug-likeness (QED) is 0.688. The number of aliphatic hydroxyl groups is 2. The minimum Gasteiger partial charge on any atom is -0.394 e. The van der Waals surface area contributed by atoms with Gasteiger partial charge in [0.15, 0.2) is 6.23 Å². The Balaban J connectivity index is 2.46. The molecule has 0 amide bonds. The van der Waals surface area contributed by atoms with Gasteiger partial charge in [-0.15, -0.1) is 0 Å². The van der Waals surface area contributed by atoms with Crippen LogP contribution < -0.4 is 11.4 Å². The van der Waals surface area contributed by atoms with Crippen LogP contribution in [-0.4, -0.2) is 45.3 Å². The van der Waals surface area contributed by atoms with Crippen molar-refractivity contribution in [2.24, 2.45) is 0 Å². The van der Waals surface area contributed by atoms with E-state index in [4.69, 9.17) is 15.6 Å². The van der Waals surface area contributed by atoms with Crippen LogP contribution in [0.2, 0.25) is 0 Å². The molecule has 0 aromatic carbocycles. The van der Waals surface area contributed by atoms with Gasteiger partial charge in [-0.3, -0.25) is 8.96 Å². The molecule has 1 saturated heterocycles. The predicted octanol–water partition coefficient (Wildman–Crippen LogP) is -0.558. The molecule has 0 radical (unpaired) electrons. The fourth-order valence-electron chi connectivity index (χ4n) is 2.15. The van der Waals surface area contributed by atoms with Gasteiger partial charge in [0.2, 0.25) is 0 Å². The number of alkyl halides is 1. The summed E-state index contributed by atoms with van der Waals surface area (Å²) >= 11 is 0. The van der Waals surface area contributed by atoms with Crippen LogP contribution in [0.25, 0.3) is 0 Å². The van der Waals surface area contributed by atoms with Gasteiger partial charge in [-0.05, 0) is 0 Å². The van der Waals surface area contributed by atoms with Crippen LogP contribution in [0.15, 0.2) is 22.9 Å². The van der Waals surface area contributed by atoms with Gasteiger partial charge >= 0.3 is 5.69 Å². The molecule has 0 saturated carbocycles. The Morgan fingerprint density at radius 1 is 1.57 bits per heavy atom. The van der Waals surface area contributed by atoms with Gasteiger partial charge in [-0.25, -0.2) is 9.18 Å². The predicted molar refractivity (Wildman–Crippen MR) is 68.8 cm³/mol. The lowest BCUT2D eigenvalue weighted by atomic mass is 10.1. The zero-order valence-corrected chi connectivity index (χ0v) is 10.9. The lowest BCUT2D eigenvalue weighted by Gasteiger charge is -2.16. The number of aryl methyl sites for hydroxylation is 1. The molecule has 7 nitrogen and oxygen atoms in total. The van der Waals surface area contributed by atoms with Gasteiger partial charge in [-0.2, -0.15) is 4.98 Å². The molecule has 1 fully saturated rings. The summed E-state index contributed by atoms with van der Waals surface area (Å²) in [5.74, 6) is -0.114. The number of aromatic nitrogens is 2. The average molecular weight is 303 g/mol. The summed E-state index contributed by atoms with van der Waals surface area (Å²) in [4.78, 5) is 15.4.